The summed E-state index contributed by atoms with van der Waals surface area (Å²) in [6, 6.07) is 4.37. The van der Waals surface area contributed by atoms with Gasteiger partial charge in [0.2, 0.25) is 0 Å². The van der Waals surface area contributed by atoms with E-state index < -0.39 is 0 Å². The Kier molecular flexibility index (Phi) is 5.38. The smallest absolute Gasteiger partial charge is 0.106 e. The minimum atomic E-state index is 0.517. The lowest BCUT2D eigenvalue weighted by molar-refractivity contribution is 0.409. The molecular formula is C16H25N3S. The molecule has 0 aromatic carbocycles. The summed E-state index contributed by atoms with van der Waals surface area (Å²) in [5, 5.41) is 0. The highest BCUT2D eigenvalue weighted by atomic mass is 32.1. The summed E-state index contributed by atoms with van der Waals surface area (Å²) in [4.78, 5) is 10.7. The average molecular weight is 291 g/mol. The highest BCUT2D eigenvalue weighted by Gasteiger charge is 2.13. The van der Waals surface area contributed by atoms with Gasteiger partial charge in [0.25, 0.3) is 0 Å². The van der Waals surface area contributed by atoms with E-state index >= 15 is 0 Å². The monoisotopic (exact) mass is 291 g/mol. The number of thiophene rings is 1. The quantitative estimate of drug-likeness (QED) is 0.813. The Morgan fingerprint density at radius 1 is 1.35 bits per heavy atom. The summed E-state index contributed by atoms with van der Waals surface area (Å²) >= 11 is 1.84. The predicted octanol–water partition coefficient (Wildman–Crippen LogP) is 3.86. The number of nitrogens with one attached hydrogen (secondary N) is 1. The predicted molar refractivity (Wildman–Crippen MR) is 87.0 cm³/mol. The Labute approximate surface area is 125 Å². The minimum Gasteiger partial charge on any atom is -0.341 e. The van der Waals surface area contributed by atoms with E-state index in [1.165, 1.54) is 9.75 Å². The van der Waals surface area contributed by atoms with Crippen LogP contribution < -0.4 is 5.73 Å². The van der Waals surface area contributed by atoms with Gasteiger partial charge in [-0.15, -0.1) is 11.3 Å². The lowest BCUT2D eigenvalue weighted by Gasteiger charge is -2.15. The van der Waals surface area contributed by atoms with Gasteiger partial charge in [0.1, 0.15) is 5.82 Å². The summed E-state index contributed by atoms with van der Waals surface area (Å²) in [5.41, 5.74) is 7.00. The first-order chi connectivity index (χ1) is 9.62. The molecule has 0 bridgehead atoms. The highest BCUT2D eigenvalue weighted by Crippen LogP contribution is 2.27. The van der Waals surface area contributed by atoms with Crippen molar-refractivity contribution in [2.75, 3.05) is 6.54 Å². The molecule has 110 valence electrons. The van der Waals surface area contributed by atoms with Crippen molar-refractivity contribution >= 4 is 11.3 Å². The second kappa shape index (κ2) is 7.04. The van der Waals surface area contributed by atoms with Gasteiger partial charge in [0.15, 0.2) is 0 Å². The number of aromatic nitrogens is 2. The lowest BCUT2D eigenvalue weighted by Crippen LogP contribution is -2.19. The Bertz CT molecular complexity index is 527. The van der Waals surface area contributed by atoms with Gasteiger partial charge in [-0.1, -0.05) is 20.8 Å². The van der Waals surface area contributed by atoms with Crippen LogP contribution in [0, 0.1) is 11.8 Å². The second-order valence-electron chi connectivity index (χ2n) is 5.80. The Balaban J connectivity index is 2.04. The molecule has 20 heavy (non-hydrogen) atoms. The molecule has 0 spiro atoms. The van der Waals surface area contributed by atoms with Gasteiger partial charge in [0.05, 0.1) is 16.8 Å². The molecule has 1 unspecified atom stereocenters. The van der Waals surface area contributed by atoms with Crippen LogP contribution >= 0.6 is 11.3 Å². The van der Waals surface area contributed by atoms with Crippen molar-refractivity contribution < 1.29 is 0 Å². The molecule has 0 aliphatic carbocycles. The normalized spacial score (nSPS) is 13.1. The minimum absolute atomic E-state index is 0.517. The first-order valence-corrected chi connectivity index (χ1v) is 8.27. The van der Waals surface area contributed by atoms with Crippen molar-refractivity contribution in [2.45, 2.75) is 40.0 Å². The van der Waals surface area contributed by atoms with Crippen LogP contribution in [0.5, 0.6) is 0 Å². The number of aryl methyl sites for hydroxylation is 1. The van der Waals surface area contributed by atoms with Gasteiger partial charge >= 0.3 is 0 Å². The number of nitrogens with zero attached hydrogens (tertiary/aromatic N) is 1. The van der Waals surface area contributed by atoms with Crippen LogP contribution in [0.4, 0.5) is 0 Å². The van der Waals surface area contributed by atoms with Gasteiger partial charge < -0.3 is 10.7 Å². The number of hydrogen-bond acceptors (Lipinski definition) is 3. The molecule has 0 saturated heterocycles. The zero-order chi connectivity index (χ0) is 14.5. The number of imidazole rings is 1. The van der Waals surface area contributed by atoms with E-state index in [-0.39, 0.29) is 0 Å². The SMILES string of the molecule is CCc1ccc(-c2cnc(CC(CN)CC(C)C)[nH]2)s1. The van der Waals surface area contributed by atoms with Crippen LogP contribution in [-0.2, 0) is 12.8 Å². The zero-order valence-corrected chi connectivity index (χ0v) is 13.5. The first-order valence-electron chi connectivity index (χ1n) is 7.45. The van der Waals surface area contributed by atoms with Gasteiger partial charge in [-0.05, 0) is 43.4 Å². The highest BCUT2D eigenvalue weighted by molar-refractivity contribution is 7.15. The fourth-order valence-electron chi connectivity index (χ4n) is 2.51. The third kappa shape index (κ3) is 3.93. The molecule has 2 aromatic heterocycles. The molecule has 0 saturated carbocycles. The van der Waals surface area contributed by atoms with Gasteiger partial charge in [-0.2, -0.15) is 0 Å². The summed E-state index contributed by atoms with van der Waals surface area (Å²) in [7, 11) is 0. The van der Waals surface area contributed by atoms with Crippen LogP contribution in [-0.4, -0.2) is 16.5 Å². The number of rotatable bonds is 7. The maximum atomic E-state index is 5.87. The third-order valence-electron chi connectivity index (χ3n) is 3.52. The molecule has 0 radical (unpaired) electrons. The van der Waals surface area contributed by atoms with E-state index in [9.17, 15) is 0 Å². The number of H-pyrrole nitrogens is 1. The molecular weight excluding hydrogens is 266 g/mol. The number of aromatic amines is 1. The lowest BCUT2D eigenvalue weighted by atomic mass is 9.94. The molecule has 2 aromatic rings. The largest absolute Gasteiger partial charge is 0.341 e. The molecule has 2 rings (SSSR count). The standard InChI is InChI=1S/C16H25N3S/c1-4-13-5-6-15(20-13)14-10-18-16(19-14)8-12(9-17)7-11(2)3/h5-6,10-12H,4,7-9,17H2,1-3H3,(H,18,19). The Hall–Kier alpha value is -1.13. The van der Waals surface area contributed by atoms with E-state index in [1.807, 2.05) is 17.5 Å². The number of nitrogens with two attached hydrogens (primary N) is 1. The van der Waals surface area contributed by atoms with Crippen molar-refractivity contribution in [3.05, 3.63) is 29.0 Å². The van der Waals surface area contributed by atoms with Gasteiger partial charge in [0, 0.05) is 11.3 Å². The van der Waals surface area contributed by atoms with Crippen LogP contribution in [0.25, 0.3) is 10.6 Å². The van der Waals surface area contributed by atoms with E-state index in [0.29, 0.717) is 11.8 Å². The van der Waals surface area contributed by atoms with Crippen molar-refractivity contribution in [1.29, 1.82) is 0 Å². The average Bonchev–Trinajstić information content (AvgIpc) is 3.05. The zero-order valence-electron chi connectivity index (χ0n) is 12.6. The van der Waals surface area contributed by atoms with E-state index in [0.717, 1.165) is 37.3 Å². The number of hydrogen-bond donors (Lipinski definition) is 2. The maximum absolute atomic E-state index is 5.87. The summed E-state index contributed by atoms with van der Waals surface area (Å²) < 4.78 is 0. The summed E-state index contributed by atoms with van der Waals surface area (Å²) in [6.07, 6.45) is 5.14. The fourth-order valence-corrected chi connectivity index (χ4v) is 3.42. The third-order valence-corrected chi connectivity index (χ3v) is 4.79. The van der Waals surface area contributed by atoms with Crippen LogP contribution in [0.15, 0.2) is 18.3 Å². The van der Waals surface area contributed by atoms with Crippen LogP contribution in [0.1, 0.15) is 37.9 Å². The molecule has 0 aliphatic rings. The second-order valence-corrected chi connectivity index (χ2v) is 6.97. The van der Waals surface area contributed by atoms with E-state index in [2.05, 4.69) is 42.9 Å². The molecule has 4 heteroatoms. The first kappa shape index (κ1) is 15.3. The Morgan fingerprint density at radius 3 is 2.75 bits per heavy atom. The van der Waals surface area contributed by atoms with Crippen LogP contribution in [0.2, 0.25) is 0 Å². The van der Waals surface area contributed by atoms with E-state index in [1.54, 1.807) is 0 Å². The molecule has 0 amide bonds. The van der Waals surface area contributed by atoms with Crippen molar-refractivity contribution in [3.63, 3.8) is 0 Å². The molecule has 2 heterocycles. The summed E-state index contributed by atoms with van der Waals surface area (Å²) in [6.45, 7) is 7.40. The maximum Gasteiger partial charge on any atom is 0.106 e. The van der Waals surface area contributed by atoms with Crippen molar-refractivity contribution in [2.24, 2.45) is 17.6 Å². The van der Waals surface area contributed by atoms with Crippen LogP contribution in [0.3, 0.4) is 0 Å². The van der Waals surface area contributed by atoms with Gasteiger partial charge in [-0.3, -0.25) is 0 Å². The topological polar surface area (TPSA) is 54.7 Å². The van der Waals surface area contributed by atoms with Crippen molar-refractivity contribution in [1.82, 2.24) is 9.97 Å². The van der Waals surface area contributed by atoms with Gasteiger partial charge in [-0.25, -0.2) is 4.98 Å². The van der Waals surface area contributed by atoms with E-state index in [4.69, 9.17) is 5.73 Å². The molecule has 0 fully saturated rings. The molecule has 1 atom stereocenters. The Morgan fingerprint density at radius 2 is 2.15 bits per heavy atom. The molecule has 3 N–H and O–H groups in total. The fraction of sp³-hybridized carbons (Fsp3) is 0.562. The molecule has 0 aliphatic heterocycles. The van der Waals surface area contributed by atoms with Crippen molar-refractivity contribution in [3.8, 4) is 10.6 Å². The molecule has 3 nitrogen and oxygen atoms in total. The summed E-state index contributed by atoms with van der Waals surface area (Å²) in [5.74, 6) is 2.26.